The molecule has 0 unspecified atom stereocenters. The Morgan fingerprint density at radius 1 is 0.732 bits per heavy atom. The molecule has 2 aromatic rings. The minimum atomic E-state index is -1.88. The van der Waals surface area contributed by atoms with Crippen molar-refractivity contribution in [3.63, 3.8) is 0 Å². The van der Waals surface area contributed by atoms with Gasteiger partial charge in [0.05, 0.1) is 18.8 Å². The maximum atomic E-state index is 9.94. The smallest absolute Gasteiger partial charge is 0.192 e. The number of benzene rings is 2. The number of allylic oxidation sites excluding steroid dienone is 3. The molecule has 0 aliphatic heterocycles. The Kier molecular flexibility index (Phi) is 11.8. The topological polar surface area (TPSA) is 38.7 Å². The molecule has 0 amide bonds. The highest BCUT2D eigenvalue weighted by atomic mass is 28.4. The normalized spacial score (nSPS) is 14.2. The lowest BCUT2D eigenvalue weighted by atomic mass is 9.97. The Balaban J connectivity index is 2.25. The molecule has 0 aliphatic rings. The van der Waals surface area contributed by atoms with E-state index in [1.165, 1.54) is 33.4 Å². The SMILES string of the molecule is C/C(=C/C=C/C(C)(C)O)c1cccc(CCc2ccc(CO[Si](C)(C)C(C)(C)C)c(CO[Si](C)(C)C(C)(C)C)c2)c1. The van der Waals surface area contributed by atoms with Gasteiger partial charge < -0.3 is 14.0 Å². The fraction of sp³-hybridized carbons (Fsp3) is 0.556. The molecular weight excluding hydrogens is 537 g/mol. The highest BCUT2D eigenvalue weighted by Crippen LogP contribution is 2.39. The van der Waals surface area contributed by atoms with E-state index in [9.17, 15) is 5.11 Å². The lowest BCUT2D eigenvalue weighted by Crippen LogP contribution is -2.41. The van der Waals surface area contributed by atoms with Crippen molar-refractivity contribution in [1.82, 2.24) is 0 Å². The quantitative estimate of drug-likeness (QED) is 0.196. The maximum absolute atomic E-state index is 9.94. The molecule has 0 aliphatic carbocycles. The number of rotatable bonds is 12. The third kappa shape index (κ3) is 11.1. The Bertz CT molecular complexity index is 1200. The average molecular weight is 595 g/mol. The summed E-state index contributed by atoms with van der Waals surface area (Å²) >= 11 is 0. The van der Waals surface area contributed by atoms with E-state index in [-0.39, 0.29) is 10.1 Å². The van der Waals surface area contributed by atoms with Gasteiger partial charge in [-0.15, -0.1) is 0 Å². The van der Waals surface area contributed by atoms with Crippen LogP contribution in [0.15, 0.2) is 60.7 Å². The van der Waals surface area contributed by atoms with Gasteiger partial charge in [-0.1, -0.05) is 102 Å². The van der Waals surface area contributed by atoms with Gasteiger partial charge in [-0.3, -0.25) is 0 Å². The highest BCUT2D eigenvalue weighted by Gasteiger charge is 2.38. The Hall–Kier alpha value is -1.77. The third-order valence-corrected chi connectivity index (χ3v) is 18.0. The van der Waals surface area contributed by atoms with E-state index in [2.05, 4.69) is 123 Å². The fourth-order valence-corrected chi connectivity index (χ4v) is 5.74. The van der Waals surface area contributed by atoms with Crippen LogP contribution in [0.1, 0.15) is 90.1 Å². The summed E-state index contributed by atoms with van der Waals surface area (Å²) in [6.45, 7) is 30.0. The first-order chi connectivity index (χ1) is 18.6. The molecule has 2 rings (SSSR count). The number of hydrogen-bond donors (Lipinski definition) is 1. The molecule has 0 spiro atoms. The van der Waals surface area contributed by atoms with Crippen LogP contribution in [0, 0.1) is 0 Å². The van der Waals surface area contributed by atoms with Gasteiger partial charge in [0.25, 0.3) is 0 Å². The van der Waals surface area contributed by atoms with Crippen LogP contribution in [0.3, 0.4) is 0 Å². The number of aliphatic hydroxyl groups is 1. The van der Waals surface area contributed by atoms with Crippen LogP contribution >= 0.6 is 0 Å². The zero-order chi connectivity index (χ0) is 31.3. The molecule has 2 aromatic carbocycles. The summed E-state index contributed by atoms with van der Waals surface area (Å²) < 4.78 is 13.3. The highest BCUT2D eigenvalue weighted by molar-refractivity contribution is 6.74. The van der Waals surface area contributed by atoms with Crippen molar-refractivity contribution >= 4 is 22.2 Å². The fourth-order valence-electron chi connectivity index (χ4n) is 3.84. The first kappa shape index (κ1) is 35.4. The van der Waals surface area contributed by atoms with E-state index in [1.54, 1.807) is 13.8 Å². The molecular formula is C36H58O3Si2. The summed E-state index contributed by atoms with van der Waals surface area (Å²) in [5, 5.41) is 10.3. The van der Waals surface area contributed by atoms with Gasteiger partial charge in [0.1, 0.15) is 0 Å². The van der Waals surface area contributed by atoms with E-state index >= 15 is 0 Å². The predicted molar refractivity (Wildman–Crippen MR) is 183 cm³/mol. The second kappa shape index (κ2) is 13.7. The van der Waals surface area contributed by atoms with E-state index < -0.39 is 22.2 Å². The summed E-state index contributed by atoms with van der Waals surface area (Å²) in [5.74, 6) is 0. The second-order valence-electron chi connectivity index (χ2n) is 15.3. The molecule has 0 saturated carbocycles. The van der Waals surface area contributed by atoms with Crippen molar-refractivity contribution < 1.29 is 14.0 Å². The molecule has 0 atom stereocenters. The van der Waals surface area contributed by atoms with Crippen LogP contribution in [0.5, 0.6) is 0 Å². The van der Waals surface area contributed by atoms with E-state index in [1.807, 2.05) is 12.2 Å². The van der Waals surface area contributed by atoms with Crippen molar-refractivity contribution in [3.05, 3.63) is 88.5 Å². The monoisotopic (exact) mass is 594 g/mol. The number of aryl methyl sites for hydroxylation is 2. The van der Waals surface area contributed by atoms with Gasteiger partial charge in [0.15, 0.2) is 16.6 Å². The number of hydrogen-bond acceptors (Lipinski definition) is 3. The van der Waals surface area contributed by atoms with E-state index in [4.69, 9.17) is 8.85 Å². The van der Waals surface area contributed by atoms with Gasteiger partial charge in [-0.25, -0.2) is 0 Å². The van der Waals surface area contributed by atoms with Gasteiger partial charge in [0.2, 0.25) is 0 Å². The lowest BCUT2D eigenvalue weighted by Gasteiger charge is -2.37. The minimum absolute atomic E-state index is 0.171. The maximum Gasteiger partial charge on any atom is 0.192 e. The first-order valence-electron chi connectivity index (χ1n) is 15.2. The Labute approximate surface area is 254 Å². The van der Waals surface area contributed by atoms with Crippen LogP contribution in [0.4, 0.5) is 0 Å². The first-order valence-corrected chi connectivity index (χ1v) is 21.0. The molecule has 41 heavy (non-hydrogen) atoms. The van der Waals surface area contributed by atoms with Gasteiger partial charge in [-0.2, -0.15) is 0 Å². The van der Waals surface area contributed by atoms with Gasteiger partial charge in [-0.05, 0) is 103 Å². The Morgan fingerprint density at radius 3 is 1.76 bits per heavy atom. The molecule has 228 valence electrons. The van der Waals surface area contributed by atoms with Crippen LogP contribution < -0.4 is 0 Å². The molecule has 0 aromatic heterocycles. The zero-order valence-corrected chi connectivity index (χ0v) is 30.4. The molecule has 0 saturated heterocycles. The van der Waals surface area contributed by atoms with E-state index in [0.29, 0.717) is 13.2 Å². The van der Waals surface area contributed by atoms with Crippen molar-refractivity contribution in [2.75, 3.05) is 0 Å². The predicted octanol–water partition coefficient (Wildman–Crippen LogP) is 10.2. The van der Waals surface area contributed by atoms with Crippen LogP contribution in [0.25, 0.3) is 5.57 Å². The van der Waals surface area contributed by atoms with Crippen molar-refractivity contribution in [1.29, 1.82) is 0 Å². The van der Waals surface area contributed by atoms with Crippen LogP contribution in [-0.4, -0.2) is 27.3 Å². The van der Waals surface area contributed by atoms with Crippen LogP contribution in [-0.2, 0) is 34.9 Å². The average Bonchev–Trinajstić information content (AvgIpc) is 2.83. The molecule has 5 heteroatoms. The Morgan fingerprint density at radius 2 is 1.24 bits per heavy atom. The summed E-state index contributed by atoms with van der Waals surface area (Å²) in [7, 11) is -3.74. The van der Waals surface area contributed by atoms with Gasteiger partial charge in [0, 0.05) is 0 Å². The zero-order valence-electron chi connectivity index (χ0n) is 28.4. The largest absolute Gasteiger partial charge is 0.413 e. The minimum Gasteiger partial charge on any atom is -0.413 e. The standard InChI is InChI=1S/C36H58O3Si2/c1-28(16-15-23-36(8,9)37)31-18-14-17-29(24-31)19-20-30-21-22-32(26-38-40(10,11)34(2,3)4)33(25-30)27-39-41(12,13)35(5,6)7/h14-18,21-25,37H,19-20,26-27H2,1-13H3/b23-15+,28-16-. The molecule has 3 nitrogen and oxygen atoms in total. The molecule has 0 radical (unpaired) electrons. The lowest BCUT2D eigenvalue weighted by molar-refractivity contribution is 0.133. The summed E-state index contributed by atoms with van der Waals surface area (Å²) in [4.78, 5) is 0. The summed E-state index contributed by atoms with van der Waals surface area (Å²) in [5.41, 5.74) is 6.76. The van der Waals surface area contributed by atoms with Crippen molar-refractivity contribution in [3.8, 4) is 0 Å². The van der Waals surface area contributed by atoms with Crippen LogP contribution in [0.2, 0.25) is 36.3 Å². The third-order valence-electron chi connectivity index (χ3n) is 9.00. The summed E-state index contributed by atoms with van der Waals surface area (Å²) in [6, 6.07) is 15.7. The van der Waals surface area contributed by atoms with Crippen molar-refractivity contribution in [2.24, 2.45) is 0 Å². The molecule has 1 N–H and O–H groups in total. The van der Waals surface area contributed by atoms with Gasteiger partial charge >= 0.3 is 0 Å². The van der Waals surface area contributed by atoms with E-state index in [0.717, 1.165) is 12.8 Å². The summed E-state index contributed by atoms with van der Waals surface area (Å²) in [6.07, 6.45) is 7.76. The molecule has 0 fully saturated rings. The molecule has 0 bridgehead atoms. The molecule has 0 heterocycles. The van der Waals surface area contributed by atoms with Crippen molar-refractivity contribution in [2.45, 2.75) is 130 Å². The second-order valence-corrected chi connectivity index (χ2v) is 24.9.